The Morgan fingerprint density at radius 3 is 2.76 bits per heavy atom. The molecule has 2 aromatic rings. The van der Waals surface area contributed by atoms with Crippen LogP contribution in [0.15, 0.2) is 24.4 Å². The molecule has 1 saturated heterocycles. The van der Waals surface area contributed by atoms with Gasteiger partial charge in [0, 0.05) is 30.2 Å². The number of aromatic amines is 1. The molecule has 4 rings (SSSR count). The van der Waals surface area contributed by atoms with Crippen LogP contribution in [0.1, 0.15) is 50.5 Å². The first-order valence-electron chi connectivity index (χ1n) is 13.3. The Hall–Kier alpha value is -3.60. The highest BCUT2D eigenvalue weighted by atomic mass is 16.5. The van der Waals surface area contributed by atoms with Gasteiger partial charge in [0.05, 0.1) is 19.6 Å². The summed E-state index contributed by atoms with van der Waals surface area (Å²) in [7, 11) is 1.61. The third kappa shape index (κ3) is 6.63. The van der Waals surface area contributed by atoms with Crippen molar-refractivity contribution in [3.63, 3.8) is 0 Å². The lowest BCUT2D eigenvalue weighted by Gasteiger charge is -2.30. The molecular formula is C27H37N5O6. The number of amides is 5. The lowest BCUT2D eigenvalue weighted by Crippen LogP contribution is -2.52. The predicted octanol–water partition coefficient (Wildman–Crippen LogP) is 2.58. The highest BCUT2D eigenvalue weighted by Crippen LogP contribution is 2.32. The van der Waals surface area contributed by atoms with E-state index >= 15 is 0 Å². The van der Waals surface area contributed by atoms with Crippen molar-refractivity contribution in [1.82, 2.24) is 25.6 Å². The van der Waals surface area contributed by atoms with Crippen LogP contribution >= 0.6 is 0 Å². The normalized spacial score (nSPS) is 18.4. The Bertz CT molecular complexity index is 1140. The van der Waals surface area contributed by atoms with Crippen LogP contribution in [0.4, 0.5) is 4.79 Å². The van der Waals surface area contributed by atoms with Gasteiger partial charge in [0.2, 0.25) is 12.3 Å². The summed E-state index contributed by atoms with van der Waals surface area (Å²) in [5.41, 5.74) is 1.98. The van der Waals surface area contributed by atoms with Crippen LogP contribution in [0.2, 0.25) is 0 Å². The maximum absolute atomic E-state index is 13.4. The molecule has 1 aliphatic carbocycles. The van der Waals surface area contributed by atoms with Gasteiger partial charge in [-0.1, -0.05) is 25.7 Å². The highest BCUT2D eigenvalue weighted by molar-refractivity contribution is 5.99. The van der Waals surface area contributed by atoms with Crippen molar-refractivity contribution < 1.29 is 29.1 Å². The van der Waals surface area contributed by atoms with Crippen LogP contribution in [-0.4, -0.2) is 77.2 Å². The van der Waals surface area contributed by atoms with Gasteiger partial charge < -0.3 is 19.9 Å². The van der Waals surface area contributed by atoms with Crippen molar-refractivity contribution in [2.24, 2.45) is 11.8 Å². The van der Waals surface area contributed by atoms with E-state index in [9.17, 15) is 24.4 Å². The minimum Gasteiger partial charge on any atom is -0.497 e. The first-order chi connectivity index (χ1) is 18.4. The second kappa shape index (κ2) is 12.8. The van der Waals surface area contributed by atoms with Gasteiger partial charge in [0.1, 0.15) is 11.8 Å². The summed E-state index contributed by atoms with van der Waals surface area (Å²) < 4.78 is 5.29. The van der Waals surface area contributed by atoms with Gasteiger partial charge in [-0.2, -0.15) is 0 Å². The maximum Gasteiger partial charge on any atom is 0.321 e. The number of carbonyl (C=O) groups is 4. The standard InChI is InChI=1S/C27H37N5O6/c1-38-21-8-9-23-22(14-21)19(15-29-23)10-11-28-27(36)30-25(34)24-7-4-12-32(24)26(35)20(16-31(37)17-33)13-18-5-2-3-6-18/h8-9,14-15,17-18,20,24,29,37H,2-7,10-13,16H2,1H3,(H2,28,30,34,36)/t20-,24+/m1/s1. The Kier molecular flexibility index (Phi) is 9.22. The maximum atomic E-state index is 13.4. The average Bonchev–Trinajstić information content (AvgIpc) is 3.69. The van der Waals surface area contributed by atoms with Crippen LogP contribution in [0.5, 0.6) is 5.75 Å². The summed E-state index contributed by atoms with van der Waals surface area (Å²) in [6.45, 7) is 0.609. The second-order valence-corrected chi connectivity index (χ2v) is 10.2. The number of fused-ring (bicyclic) bond motifs is 1. The van der Waals surface area contributed by atoms with E-state index in [1.54, 1.807) is 7.11 Å². The summed E-state index contributed by atoms with van der Waals surface area (Å²) in [6, 6.07) is 4.36. The van der Waals surface area contributed by atoms with Gasteiger partial charge in [-0.3, -0.25) is 24.9 Å². The van der Waals surface area contributed by atoms with E-state index in [1.807, 2.05) is 24.4 Å². The van der Waals surface area contributed by atoms with Gasteiger partial charge in [-0.15, -0.1) is 0 Å². The van der Waals surface area contributed by atoms with Gasteiger partial charge in [-0.25, -0.2) is 9.86 Å². The Labute approximate surface area is 221 Å². The number of nitrogens with zero attached hydrogens (tertiary/aromatic N) is 2. The van der Waals surface area contributed by atoms with Crippen molar-refractivity contribution >= 4 is 35.2 Å². The number of imide groups is 1. The first kappa shape index (κ1) is 27.4. The number of H-pyrrole nitrogens is 1. The highest BCUT2D eigenvalue weighted by Gasteiger charge is 2.39. The Morgan fingerprint density at radius 1 is 1.24 bits per heavy atom. The van der Waals surface area contributed by atoms with Crippen LogP contribution < -0.4 is 15.4 Å². The van der Waals surface area contributed by atoms with Crippen LogP contribution in [0.3, 0.4) is 0 Å². The van der Waals surface area contributed by atoms with E-state index in [1.165, 1.54) is 4.90 Å². The summed E-state index contributed by atoms with van der Waals surface area (Å²) in [6.07, 6.45) is 8.66. The molecule has 2 heterocycles. The van der Waals surface area contributed by atoms with E-state index in [0.717, 1.165) is 47.9 Å². The summed E-state index contributed by atoms with van der Waals surface area (Å²) >= 11 is 0. The zero-order valence-corrected chi connectivity index (χ0v) is 21.8. The number of likely N-dealkylation sites (tertiary alicyclic amines) is 1. The smallest absolute Gasteiger partial charge is 0.321 e. The molecule has 5 amide bonds. The monoisotopic (exact) mass is 527 g/mol. The molecule has 206 valence electrons. The molecular weight excluding hydrogens is 490 g/mol. The molecule has 38 heavy (non-hydrogen) atoms. The van der Waals surface area contributed by atoms with Crippen molar-refractivity contribution in [1.29, 1.82) is 0 Å². The van der Waals surface area contributed by atoms with Crippen LogP contribution in [0.25, 0.3) is 10.9 Å². The largest absolute Gasteiger partial charge is 0.497 e. The quantitative estimate of drug-likeness (QED) is 0.201. The number of ether oxygens (including phenoxy) is 1. The van der Waals surface area contributed by atoms with E-state index in [4.69, 9.17) is 4.74 Å². The molecule has 0 spiro atoms. The van der Waals surface area contributed by atoms with Crippen LogP contribution in [-0.2, 0) is 20.8 Å². The molecule has 2 aliphatic rings. The van der Waals surface area contributed by atoms with Crippen LogP contribution in [0, 0.1) is 11.8 Å². The second-order valence-electron chi connectivity index (χ2n) is 10.2. The number of rotatable bonds is 11. The fourth-order valence-electron chi connectivity index (χ4n) is 5.75. The Morgan fingerprint density at radius 2 is 2.03 bits per heavy atom. The molecule has 2 fully saturated rings. The average molecular weight is 528 g/mol. The zero-order chi connectivity index (χ0) is 27.1. The molecule has 0 unspecified atom stereocenters. The number of hydrogen-bond acceptors (Lipinski definition) is 6. The zero-order valence-electron chi connectivity index (χ0n) is 21.8. The van der Waals surface area contributed by atoms with E-state index in [0.29, 0.717) is 56.2 Å². The molecule has 1 aliphatic heterocycles. The minimum absolute atomic E-state index is 0.107. The summed E-state index contributed by atoms with van der Waals surface area (Å²) in [5.74, 6) is -0.270. The number of hydrogen-bond donors (Lipinski definition) is 4. The lowest BCUT2D eigenvalue weighted by molar-refractivity contribution is -0.158. The number of aromatic nitrogens is 1. The van der Waals surface area contributed by atoms with E-state index in [-0.39, 0.29) is 12.5 Å². The van der Waals surface area contributed by atoms with E-state index in [2.05, 4.69) is 15.6 Å². The fourth-order valence-corrected chi connectivity index (χ4v) is 5.75. The SMILES string of the molecule is COc1ccc2[nH]cc(CCNC(=O)NC(=O)[C@@H]3CCCN3C(=O)[C@H](CC3CCCC3)CN(O)C=O)c2c1. The number of benzene rings is 1. The summed E-state index contributed by atoms with van der Waals surface area (Å²) in [4.78, 5) is 54.5. The van der Waals surface area contributed by atoms with Gasteiger partial charge in [0.25, 0.3) is 5.91 Å². The third-order valence-electron chi connectivity index (χ3n) is 7.70. The lowest BCUT2D eigenvalue weighted by atomic mass is 9.91. The summed E-state index contributed by atoms with van der Waals surface area (Å²) in [5, 5.41) is 16.4. The van der Waals surface area contributed by atoms with Crippen molar-refractivity contribution in [3.05, 3.63) is 30.0 Å². The van der Waals surface area contributed by atoms with Crippen molar-refractivity contribution in [3.8, 4) is 5.75 Å². The molecule has 11 nitrogen and oxygen atoms in total. The van der Waals surface area contributed by atoms with Gasteiger partial charge >= 0.3 is 6.03 Å². The molecule has 11 heteroatoms. The van der Waals surface area contributed by atoms with Gasteiger partial charge in [0.15, 0.2) is 0 Å². The topological polar surface area (TPSA) is 144 Å². The fraction of sp³-hybridized carbons (Fsp3) is 0.556. The number of urea groups is 1. The number of carbonyl (C=O) groups excluding carboxylic acids is 4. The molecule has 0 radical (unpaired) electrons. The van der Waals surface area contributed by atoms with Crippen molar-refractivity contribution in [2.45, 2.75) is 57.4 Å². The number of methoxy groups -OCH3 is 1. The third-order valence-corrected chi connectivity index (χ3v) is 7.70. The number of nitrogens with one attached hydrogen (secondary N) is 3. The minimum atomic E-state index is -0.760. The van der Waals surface area contributed by atoms with Crippen molar-refractivity contribution in [2.75, 3.05) is 26.7 Å². The first-order valence-corrected chi connectivity index (χ1v) is 13.3. The molecule has 0 bridgehead atoms. The molecule has 1 saturated carbocycles. The molecule has 1 aromatic heterocycles. The Balaban J connectivity index is 1.31. The number of hydroxylamine groups is 2. The molecule has 4 N–H and O–H groups in total. The van der Waals surface area contributed by atoms with E-state index < -0.39 is 23.9 Å². The van der Waals surface area contributed by atoms with Gasteiger partial charge in [-0.05, 0) is 55.4 Å². The molecule has 2 atom stereocenters. The predicted molar refractivity (Wildman–Crippen MR) is 139 cm³/mol. The molecule has 1 aromatic carbocycles.